The van der Waals surface area contributed by atoms with Crippen molar-refractivity contribution < 1.29 is 9.72 Å². The summed E-state index contributed by atoms with van der Waals surface area (Å²) in [5.74, 6) is -0.471. The first-order valence-electron chi connectivity index (χ1n) is 9.74. The third kappa shape index (κ3) is 3.31. The number of hydrazone groups is 1. The molecule has 0 bridgehead atoms. The molecule has 1 N–H and O–H groups in total. The molecule has 1 aliphatic carbocycles. The molecular weight excluding hydrogens is 414 g/mol. The maximum atomic E-state index is 13.4. The number of hydrogen-bond donors (Lipinski definition) is 1. The minimum absolute atomic E-state index is 0.00945. The predicted octanol–water partition coefficient (Wildman–Crippen LogP) is 5.34. The zero-order valence-electron chi connectivity index (χ0n) is 16.2. The Morgan fingerprint density at radius 2 is 1.74 bits per heavy atom. The molecule has 1 unspecified atom stereocenters. The van der Waals surface area contributed by atoms with Gasteiger partial charge in [0.2, 0.25) is 0 Å². The molecule has 152 valence electrons. The van der Waals surface area contributed by atoms with Crippen LogP contribution in [0, 0.1) is 10.1 Å². The second-order valence-electron chi connectivity index (χ2n) is 7.45. The Morgan fingerprint density at radius 1 is 1.00 bits per heavy atom. The lowest BCUT2D eigenvalue weighted by Gasteiger charge is -2.18. The van der Waals surface area contributed by atoms with Crippen LogP contribution in [-0.2, 0) is 0 Å². The highest BCUT2D eigenvalue weighted by atomic mass is 35.5. The minimum Gasteiger partial charge on any atom is -0.289 e. The van der Waals surface area contributed by atoms with Crippen LogP contribution in [0.15, 0.2) is 83.5 Å². The smallest absolute Gasteiger partial charge is 0.269 e. The van der Waals surface area contributed by atoms with Crippen LogP contribution in [-0.4, -0.2) is 16.4 Å². The van der Waals surface area contributed by atoms with E-state index >= 15 is 0 Å². The molecule has 7 heteroatoms. The van der Waals surface area contributed by atoms with Crippen molar-refractivity contribution in [2.45, 2.75) is 12.3 Å². The summed E-state index contributed by atoms with van der Waals surface area (Å²) in [6.45, 7) is 0. The Balaban J connectivity index is 1.67. The van der Waals surface area contributed by atoms with Gasteiger partial charge in [-0.15, -0.1) is 0 Å². The molecule has 1 atom stereocenters. The Morgan fingerprint density at radius 3 is 2.48 bits per heavy atom. The largest absolute Gasteiger partial charge is 0.289 e. The molecule has 5 rings (SSSR count). The number of carbonyl (C=O) groups excluding carboxylic acids is 1. The average Bonchev–Trinajstić information content (AvgIpc) is 2.94. The van der Waals surface area contributed by atoms with Crippen molar-refractivity contribution in [2.24, 2.45) is 5.10 Å². The van der Waals surface area contributed by atoms with E-state index in [1.54, 1.807) is 24.3 Å². The van der Waals surface area contributed by atoms with Crippen molar-refractivity contribution in [1.82, 2.24) is 5.43 Å². The van der Waals surface area contributed by atoms with Crippen molar-refractivity contribution >= 4 is 34.5 Å². The summed E-state index contributed by atoms with van der Waals surface area (Å²) >= 11 is 6.04. The van der Waals surface area contributed by atoms with Crippen LogP contribution in [0.2, 0.25) is 5.02 Å². The SMILES string of the molecule is O=C1C2=C(NN=C(c3ccc(Cl)cc3)CC2c2cccc([N+](=O)[O-])c2)c2ccccc21. The second-order valence-corrected chi connectivity index (χ2v) is 7.89. The number of rotatable bonds is 3. The normalized spacial score (nSPS) is 17.4. The number of nitro benzene ring substituents is 1. The summed E-state index contributed by atoms with van der Waals surface area (Å²) in [5, 5.41) is 16.6. The molecule has 3 aromatic rings. The molecule has 0 aromatic heterocycles. The molecule has 6 nitrogen and oxygen atoms in total. The number of hydrogen-bond acceptors (Lipinski definition) is 5. The number of ketones is 1. The molecule has 1 heterocycles. The minimum atomic E-state index is -0.423. The Bertz CT molecular complexity index is 1300. The van der Waals surface area contributed by atoms with Gasteiger partial charge in [0.25, 0.3) is 5.69 Å². The maximum absolute atomic E-state index is 13.4. The number of benzene rings is 3. The van der Waals surface area contributed by atoms with Gasteiger partial charge in [0, 0.05) is 46.2 Å². The second kappa shape index (κ2) is 7.49. The summed E-state index contributed by atoms with van der Waals surface area (Å²) in [5.41, 5.74) is 8.05. The van der Waals surface area contributed by atoms with Gasteiger partial charge in [-0.1, -0.05) is 60.1 Å². The molecule has 0 saturated heterocycles. The molecule has 3 aromatic carbocycles. The van der Waals surface area contributed by atoms with Gasteiger partial charge in [0.15, 0.2) is 5.78 Å². The third-order valence-electron chi connectivity index (χ3n) is 5.66. The van der Waals surface area contributed by atoms with E-state index in [4.69, 9.17) is 11.6 Å². The van der Waals surface area contributed by atoms with E-state index in [0.717, 1.165) is 16.8 Å². The third-order valence-corrected chi connectivity index (χ3v) is 5.92. The predicted molar refractivity (Wildman–Crippen MR) is 119 cm³/mol. The van der Waals surface area contributed by atoms with E-state index in [0.29, 0.717) is 33.8 Å². The Labute approximate surface area is 183 Å². The van der Waals surface area contributed by atoms with Crippen molar-refractivity contribution in [3.8, 4) is 0 Å². The summed E-state index contributed by atoms with van der Waals surface area (Å²) < 4.78 is 0. The Hall–Kier alpha value is -3.77. The number of fused-ring (bicyclic) bond motifs is 2. The number of Topliss-reactive ketones (excluding diaryl/α,β-unsaturated/α-hetero) is 1. The number of carbonyl (C=O) groups is 1. The highest BCUT2D eigenvalue weighted by Gasteiger charge is 2.37. The molecule has 0 saturated carbocycles. The summed E-state index contributed by atoms with van der Waals surface area (Å²) in [7, 11) is 0. The van der Waals surface area contributed by atoms with Crippen molar-refractivity contribution in [1.29, 1.82) is 0 Å². The molecule has 0 radical (unpaired) electrons. The van der Waals surface area contributed by atoms with E-state index in [1.807, 2.05) is 36.4 Å². The molecule has 2 aliphatic rings. The fourth-order valence-electron chi connectivity index (χ4n) is 4.18. The van der Waals surface area contributed by atoms with Gasteiger partial charge in [0.1, 0.15) is 0 Å². The van der Waals surface area contributed by atoms with Crippen LogP contribution in [0.1, 0.15) is 39.4 Å². The molecule has 31 heavy (non-hydrogen) atoms. The monoisotopic (exact) mass is 429 g/mol. The maximum Gasteiger partial charge on any atom is 0.269 e. The van der Waals surface area contributed by atoms with Crippen molar-refractivity contribution in [3.05, 3.63) is 116 Å². The van der Waals surface area contributed by atoms with Gasteiger partial charge >= 0.3 is 0 Å². The van der Waals surface area contributed by atoms with Crippen LogP contribution in [0.5, 0.6) is 0 Å². The number of halogens is 1. The van der Waals surface area contributed by atoms with Gasteiger partial charge in [-0.2, -0.15) is 5.10 Å². The standard InChI is InChI=1S/C24H16ClN3O3/c25-16-10-8-14(9-11-16)21-13-20(15-4-3-5-17(12-15)28(30)31)22-23(27-26-21)18-6-1-2-7-19(18)24(22)29/h1-12,20,27H,13H2. The topological polar surface area (TPSA) is 84.6 Å². The summed E-state index contributed by atoms with van der Waals surface area (Å²) in [6.07, 6.45) is 0.411. The first-order chi connectivity index (χ1) is 15.0. The fourth-order valence-corrected chi connectivity index (χ4v) is 4.31. The first-order valence-corrected chi connectivity index (χ1v) is 10.1. The molecule has 0 fully saturated rings. The number of nitrogens with zero attached hydrogens (tertiary/aromatic N) is 2. The fraction of sp³-hybridized carbons (Fsp3) is 0.0833. The lowest BCUT2D eigenvalue weighted by molar-refractivity contribution is -0.384. The molecular formula is C24H16ClN3O3. The highest BCUT2D eigenvalue weighted by Crippen LogP contribution is 2.43. The van der Waals surface area contributed by atoms with Crippen LogP contribution < -0.4 is 5.43 Å². The molecule has 0 spiro atoms. The Kier molecular flexibility index (Phi) is 4.64. The molecule has 0 amide bonds. The number of non-ortho nitro benzene ring substituents is 1. The zero-order chi connectivity index (χ0) is 21.5. The van der Waals surface area contributed by atoms with E-state index < -0.39 is 4.92 Å². The van der Waals surface area contributed by atoms with E-state index in [-0.39, 0.29) is 17.4 Å². The van der Waals surface area contributed by atoms with Crippen LogP contribution in [0.3, 0.4) is 0 Å². The first kappa shape index (κ1) is 19.2. The van der Waals surface area contributed by atoms with Crippen LogP contribution in [0.25, 0.3) is 5.70 Å². The lowest BCUT2D eigenvalue weighted by atomic mass is 9.83. The molecule has 1 aliphatic heterocycles. The van der Waals surface area contributed by atoms with Gasteiger partial charge in [-0.25, -0.2) is 0 Å². The van der Waals surface area contributed by atoms with Gasteiger partial charge in [-0.3, -0.25) is 20.3 Å². The average molecular weight is 430 g/mol. The van der Waals surface area contributed by atoms with E-state index in [9.17, 15) is 14.9 Å². The van der Waals surface area contributed by atoms with Gasteiger partial charge in [0.05, 0.1) is 16.3 Å². The number of nitro groups is 1. The lowest BCUT2D eigenvalue weighted by Crippen LogP contribution is -2.14. The highest BCUT2D eigenvalue weighted by molar-refractivity contribution is 6.30. The van der Waals surface area contributed by atoms with E-state index in [2.05, 4.69) is 10.5 Å². The summed E-state index contributed by atoms with van der Waals surface area (Å²) in [4.78, 5) is 24.3. The van der Waals surface area contributed by atoms with E-state index in [1.165, 1.54) is 12.1 Å². The van der Waals surface area contributed by atoms with Crippen molar-refractivity contribution in [3.63, 3.8) is 0 Å². The quantitative estimate of drug-likeness (QED) is 0.450. The van der Waals surface area contributed by atoms with Crippen molar-refractivity contribution in [2.75, 3.05) is 0 Å². The zero-order valence-corrected chi connectivity index (χ0v) is 17.0. The summed E-state index contributed by atoms with van der Waals surface area (Å²) in [6, 6.07) is 21.2. The van der Waals surface area contributed by atoms with Gasteiger partial charge < -0.3 is 0 Å². The number of allylic oxidation sites excluding steroid dienone is 1. The van der Waals surface area contributed by atoms with Gasteiger partial charge in [-0.05, 0) is 23.3 Å². The van der Waals surface area contributed by atoms with Crippen LogP contribution in [0.4, 0.5) is 5.69 Å². The number of nitrogens with one attached hydrogen (secondary N) is 1. The van der Waals surface area contributed by atoms with Crippen LogP contribution >= 0.6 is 11.6 Å².